The third-order valence-corrected chi connectivity index (χ3v) is 8.05. The van der Waals surface area contributed by atoms with Crippen LogP contribution in [0.2, 0.25) is 0 Å². The van der Waals surface area contributed by atoms with Crippen LogP contribution in [-0.4, -0.2) is 25.0 Å². The molecule has 0 aromatic heterocycles. The van der Waals surface area contributed by atoms with E-state index < -0.39 is 9.84 Å². The highest BCUT2D eigenvalue weighted by Gasteiger charge is 2.42. The summed E-state index contributed by atoms with van der Waals surface area (Å²) in [5.74, 6) is 1.10. The fourth-order valence-corrected chi connectivity index (χ4v) is 6.43. The van der Waals surface area contributed by atoms with Gasteiger partial charge in [-0.3, -0.25) is 0 Å². The first kappa shape index (κ1) is 15.3. The monoisotopic (exact) mass is 287 g/mol. The molecular weight excluding hydrogens is 258 g/mol. The summed E-state index contributed by atoms with van der Waals surface area (Å²) in [4.78, 5) is 0. The van der Waals surface area contributed by atoms with Gasteiger partial charge in [0, 0.05) is 6.04 Å². The van der Waals surface area contributed by atoms with Crippen LogP contribution in [0.25, 0.3) is 0 Å². The van der Waals surface area contributed by atoms with Crippen molar-refractivity contribution in [2.45, 2.75) is 81.8 Å². The zero-order valence-electron chi connectivity index (χ0n) is 12.3. The van der Waals surface area contributed by atoms with Crippen LogP contribution in [0, 0.1) is 11.8 Å². The molecule has 3 atom stereocenters. The molecule has 2 rings (SSSR count). The number of sulfone groups is 1. The molecule has 0 radical (unpaired) electrons. The van der Waals surface area contributed by atoms with Crippen LogP contribution in [0.15, 0.2) is 0 Å². The fourth-order valence-electron chi connectivity index (χ4n) is 3.81. The summed E-state index contributed by atoms with van der Waals surface area (Å²) >= 11 is 0. The summed E-state index contributed by atoms with van der Waals surface area (Å²) in [6.45, 7) is 4.40. The summed E-state index contributed by atoms with van der Waals surface area (Å²) in [7, 11) is -3.03. The molecule has 3 nitrogen and oxygen atoms in total. The van der Waals surface area contributed by atoms with Gasteiger partial charge in [-0.1, -0.05) is 33.1 Å². The fraction of sp³-hybridized carbons (Fsp3) is 1.00. The summed E-state index contributed by atoms with van der Waals surface area (Å²) in [5, 5.41) is -0.389. The molecule has 2 saturated carbocycles. The lowest BCUT2D eigenvalue weighted by atomic mass is 9.79. The Hall–Kier alpha value is -0.0900. The Labute approximate surface area is 118 Å². The third-order valence-electron chi connectivity index (χ3n) is 5.26. The summed E-state index contributed by atoms with van der Waals surface area (Å²) < 4.78 is 25.7. The van der Waals surface area contributed by atoms with E-state index in [1.807, 2.05) is 0 Å². The Morgan fingerprint density at radius 2 is 1.63 bits per heavy atom. The zero-order valence-corrected chi connectivity index (χ0v) is 13.2. The Morgan fingerprint density at radius 3 is 2.21 bits per heavy atom. The summed E-state index contributed by atoms with van der Waals surface area (Å²) in [5.41, 5.74) is 6.15. The average molecular weight is 287 g/mol. The van der Waals surface area contributed by atoms with Crippen LogP contribution < -0.4 is 5.73 Å². The minimum atomic E-state index is -3.03. The zero-order chi connectivity index (χ0) is 14.0. The molecule has 0 saturated heterocycles. The Balaban J connectivity index is 2.12. The molecule has 0 bridgehead atoms. The van der Waals surface area contributed by atoms with Gasteiger partial charge < -0.3 is 5.73 Å². The molecule has 0 aliphatic heterocycles. The van der Waals surface area contributed by atoms with Crippen LogP contribution in [0.4, 0.5) is 0 Å². The van der Waals surface area contributed by atoms with Gasteiger partial charge in [0.25, 0.3) is 0 Å². The maximum atomic E-state index is 12.8. The van der Waals surface area contributed by atoms with E-state index in [9.17, 15) is 8.42 Å². The molecule has 19 heavy (non-hydrogen) atoms. The Morgan fingerprint density at radius 1 is 1.00 bits per heavy atom. The van der Waals surface area contributed by atoms with E-state index in [1.165, 1.54) is 6.42 Å². The number of rotatable bonds is 3. The maximum absolute atomic E-state index is 12.8. The predicted molar refractivity (Wildman–Crippen MR) is 79.7 cm³/mol. The van der Waals surface area contributed by atoms with Crippen molar-refractivity contribution in [3.8, 4) is 0 Å². The molecule has 0 amide bonds. The Bertz CT molecular complexity index is 385. The first-order valence-electron chi connectivity index (χ1n) is 7.91. The lowest BCUT2D eigenvalue weighted by Crippen LogP contribution is -2.49. The van der Waals surface area contributed by atoms with E-state index in [-0.39, 0.29) is 16.5 Å². The van der Waals surface area contributed by atoms with Crippen molar-refractivity contribution in [3.63, 3.8) is 0 Å². The smallest absolute Gasteiger partial charge is 0.157 e. The SMILES string of the molecule is CC(C)C1CCC(N)C(S(=O)(=O)C2CCCCC2)C1. The molecule has 3 unspecified atom stereocenters. The van der Waals surface area contributed by atoms with Crippen LogP contribution in [0.3, 0.4) is 0 Å². The van der Waals surface area contributed by atoms with Crippen molar-refractivity contribution in [1.29, 1.82) is 0 Å². The van der Waals surface area contributed by atoms with Crippen molar-refractivity contribution < 1.29 is 8.42 Å². The van der Waals surface area contributed by atoms with Crippen LogP contribution in [0.5, 0.6) is 0 Å². The van der Waals surface area contributed by atoms with Crippen molar-refractivity contribution in [3.05, 3.63) is 0 Å². The Kier molecular flexibility index (Phi) is 4.93. The highest BCUT2D eigenvalue weighted by atomic mass is 32.2. The molecule has 2 fully saturated rings. The topological polar surface area (TPSA) is 60.2 Å². The lowest BCUT2D eigenvalue weighted by Gasteiger charge is -2.38. The first-order valence-corrected chi connectivity index (χ1v) is 9.52. The molecular formula is C15H29NO2S. The highest BCUT2D eigenvalue weighted by Crippen LogP contribution is 2.36. The molecule has 0 heterocycles. The second-order valence-corrected chi connectivity index (χ2v) is 9.32. The van der Waals surface area contributed by atoms with Gasteiger partial charge in [-0.2, -0.15) is 0 Å². The van der Waals surface area contributed by atoms with E-state index in [0.29, 0.717) is 11.8 Å². The maximum Gasteiger partial charge on any atom is 0.157 e. The van der Waals surface area contributed by atoms with Gasteiger partial charge in [0.2, 0.25) is 0 Å². The van der Waals surface area contributed by atoms with E-state index in [2.05, 4.69) is 13.8 Å². The average Bonchev–Trinajstić information content (AvgIpc) is 2.39. The molecule has 0 spiro atoms. The van der Waals surface area contributed by atoms with Gasteiger partial charge in [-0.15, -0.1) is 0 Å². The molecule has 0 aromatic rings. The molecule has 2 aliphatic carbocycles. The van der Waals surface area contributed by atoms with E-state index in [0.717, 1.165) is 44.9 Å². The normalized spacial score (nSPS) is 34.6. The standard InChI is InChI=1S/C15H29NO2S/c1-11(2)12-8-9-14(16)15(10-12)19(17,18)13-6-4-3-5-7-13/h11-15H,3-10,16H2,1-2H3. The van der Waals surface area contributed by atoms with Crippen LogP contribution in [0.1, 0.15) is 65.2 Å². The molecule has 2 N–H and O–H groups in total. The number of nitrogens with two attached hydrogens (primary N) is 1. The second kappa shape index (κ2) is 6.13. The predicted octanol–water partition coefficient (Wildman–Crippen LogP) is 2.89. The quantitative estimate of drug-likeness (QED) is 0.868. The van der Waals surface area contributed by atoms with E-state index >= 15 is 0 Å². The number of hydrogen-bond acceptors (Lipinski definition) is 3. The summed E-state index contributed by atoms with van der Waals surface area (Å²) in [6.07, 6.45) is 7.80. The third kappa shape index (κ3) is 3.33. The molecule has 112 valence electrons. The van der Waals surface area contributed by atoms with E-state index in [4.69, 9.17) is 5.73 Å². The number of hydrogen-bond donors (Lipinski definition) is 1. The first-order chi connectivity index (χ1) is 8.93. The summed E-state index contributed by atoms with van der Waals surface area (Å²) in [6, 6.07) is -0.137. The minimum absolute atomic E-state index is 0.108. The van der Waals surface area contributed by atoms with Gasteiger partial charge in [-0.25, -0.2) is 8.42 Å². The van der Waals surface area contributed by atoms with Crippen LogP contribution in [-0.2, 0) is 9.84 Å². The van der Waals surface area contributed by atoms with Crippen molar-refractivity contribution in [2.75, 3.05) is 0 Å². The molecule has 2 aliphatic rings. The van der Waals surface area contributed by atoms with Gasteiger partial charge in [0.1, 0.15) is 0 Å². The van der Waals surface area contributed by atoms with Crippen molar-refractivity contribution in [2.24, 2.45) is 17.6 Å². The van der Waals surface area contributed by atoms with Crippen LogP contribution >= 0.6 is 0 Å². The minimum Gasteiger partial charge on any atom is -0.327 e. The van der Waals surface area contributed by atoms with Gasteiger partial charge in [-0.05, 0) is 43.9 Å². The van der Waals surface area contributed by atoms with Crippen molar-refractivity contribution >= 4 is 9.84 Å². The highest BCUT2D eigenvalue weighted by molar-refractivity contribution is 7.92. The molecule has 4 heteroatoms. The van der Waals surface area contributed by atoms with Gasteiger partial charge in [0.05, 0.1) is 10.5 Å². The lowest BCUT2D eigenvalue weighted by molar-refractivity contribution is 0.259. The van der Waals surface area contributed by atoms with E-state index in [1.54, 1.807) is 0 Å². The molecule has 0 aromatic carbocycles. The second-order valence-electron chi connectivity index (χ2n) is 6.87. The van der Waals surface area contributed by atoms with Crippen molar-refractivity contribution in [1.82, 2.24) is 0 Å². The largest absolute Gasteiger partial charge is 0.327 e. The van der Waals surface area contributed by atoms with Gasteiger partial charge >= 0.3 is 0 Å². The van der Waals surface area contributed by atoms with Gasteiger partial charge in [0.15, 0.2) is 9.84 Å².